The van der Waals surface area contributed by atoms with Crippen LogP contribution in [0.15, 0.2) is 48.7 Å². The van der Waals surface area contributed by atoms with E-state index in [-0.39, 0.29) is 18.4 Å². The largest absolute Gasteiger partial charge is 0.493 e. The molecule has 1 heterocycles. The summed E-state index contributed by atoms with van der Waals surface area (Å²) in [5, 5.41) is 17.9. The Bertz CT molecular complexity index is 1100. The fourth-order valence-corrected chi connectivity index (χ4v) is 3.60. The van der Waals surface area contributed by atoms with Gasteiger partial charge in [-0.1, -0.05) is 11.6 Å². The molecule has 1 aromatic heterocycles. The summed E-state index contributed by atoms with van der Waals surface area (Å²) in [5.74, 6) is 1.02. The minimum absolute atomic E-state index is 0.0861. The fraction of sp³-hybridized carbons (Fsp3) is 0.304. The second-order valence-corrected chi connectivity index (χ2v) is 8.28. The predicted octanol–water partition coefficient (Wildman–Crippen LogP) is 4.68. The van der Waals surface area contributed by atoms with Crippen molar-refractivity contribution in [1.29, 1.82) is 0 Å². The number of hydrogen-bond acceptors (Lipinski definition) is 5. The number of hydrogen-bond donors (Lipinski definition) is 2. The smallest absolute Gasteiger partial charge is 0.259 e. The summed E-state index contributed by atoms with van der Waals surface area (Å²) in [6.45, 7) is 0.204. The molecule has 1 amide bonds. The molecule has 168 valence electrons. The van der Waals surface area contributed by atoms with Gasteiger partial charge < -0.3 is 19.9 Å². The number of carbonyl (C=O) groups is 1. The molecule has 0 spiro atoms. The third-order valence-corrected chi connectivity index (χ3v) is 5.76. The number of anilines is 1. The van der Waals surface area contributed by atoms with Gasteiger partial charge in [-0.05, 0) is 55.2 Å². The Morgan fingerprint density at radius 3 is 2.66 bits per heavy atom. The van der Waals surface area contributed by atoms with Crippen LogP contribution in [-0.4, -0.2) is 40.6 Å². The van der Waals surface area contributed by atoms with Gasteiger partial charge in [-0.15, -0.1) is 11.6 Å². The first-order chi connectivity index (χ1) is 15.5. The standard InChI is InChI=1S/C23H23Cl2N3O4/c1-31-22-10-16(6-9-21(22)32-13-20(29)14-2-3-14)26-23(30)18-12-28(27-19(18)11-24)17-7-4-15(25)5-8-17/h4-10,12,14,20,29H,2-3,11,13H2,1H3,(H,26,30)/t20-/m0/s1. The second kappa shape index (κ2) is 9.81. The van der Waals surface area contributed by atoms with E-state index in [2.05, 4.69) is 10.4 Å². The molecule has 0 bridgehead atoms. The van der Waals surface area contributed by atoms with Crippen LogP contribution in [0.5, 0.6) is 11.5 Å². The summed E-state index contributed by atoms with van der Waals surface area (Å²) in [6, 6.07) is 12.2. The van der Waals surface area contributed by atoms with E-state index in [1.54, 1.807) is 53.3 Å². The topological polar surface area (TPSA) is 85.6 Å². The van der Waals surface area contributed by atoms with Crippen molar-refractivity contribution in [2.24, 2.45) is 5.92 Å². The lowest BCUT2D eigenvalue weighted by Gasteiger charge is -2.15. The van der Waals surface area contributed by atoms with Crippen molar-refractivity contribution in [3.05, 3.63) is 64.9 Å². The van der Waals surface area contributed by atoms with Crippen molar-refractivity contribution in [3.8, 4) is 17.2 Å². The van der Waals surface area contributed by atoms with Gasteiger partial charge in [-0.2, -0.15) is 5.10 Å². The third-order valence-electron chi connectivity index (χ3n) is 5.25. The Labute approximate surface area is 195 Å². The number of methoxy groups -OCH3 is 1. The lowest BCUT2D eigenvalue weighted by molar-refractivity contribution is 0.0880. The highest BCUT2D eigenvalue weighted by molar-refractivity contribution is 6.30. The molecule has 0 unspecified atom stereocenters. The average Bonchev–Trinajstić information content (AvgIpc) is 3.57. The van der Waals surface area contributed by atoms with Crippen molar-refractivity contribution in [3.63, 3.8) is 0 Å². The lowest BCUT2D eigenvalue weighted by atomic mass is 10.2. The fourth-order valence-electron chi connectivity index (χ4n) is 3.28. The van der Waals surface area contributed by atoms with Crippen molar-refractivity contribution >= 4 is 34.8 Å². The van der Waals surface area contributed by atoms with Crippen LogP contribution in [0.3, 0.4) is 0 Å². The number of carbonyl (C=O) groups excluding carboxylic acids is 1. The number of nitrogens with zero attached hydrogens (tertiary/aromatic N) is 2. The van der Waals surface area contributed by atoms with E-state index in [0.29, 0.717) is 39.4 Å². The molecule has 1 atom stereocenters. The molecule has 2 N–H and O–H groups in total. The first-order valence-electron chi connectivity index (χ1n) is 10.2. The average molecular weight is 476 g/mol. The van der Waals surface area contributed by atoms with E-state index in [9.17, 15) is 9.90 Å². The summed E-state index contributed by atoms with van der Waals surface area (Å²) in [7, 11) is 1.52. The van der Waals surface area contributed by atoms with Crippen LogP contribution in [0.1, 0.15) is 28.9 Å². The zero-order valence-electron chi connectivity index (χ0n) is 17.4. The molecule has 9 heteroatoms. The number of halogens is 2. The minimum Gasteiger partial charge on any atom is -0.493 e. The van der Waals surface area contributed by atoms with Crippen molar-refractivity contribution in [1.82, 2.24) is 9.78 Å². The minimum atomic E-state index is -0.481. The van der Waals surface area contributed by atoms with Crippen LogP contribution in [-0.2, 0) is 5.88 Å². The molecular formula is C23H23Cl2N3O4. The number of aliphatic hydroxyl groups is 1. The number of amides is 1. The number of benzene rings is 2. The molecule has 32 heavy (non-hydrogen) atoms. The molecule has 1 fully saturated rings. The number of rotatable bonds is 9. The number of aliphatic hydroxyl groups excluding tert-OH is 1. The van der Waals surface area contributed by atoms with Crippen LogP contribution < -0.4 is 14.8 Å². The maximum atomic E-state index is 12.9. The van der Waals surface area contributed by atoms with Crippen LogP contribution >= 0.6 is 23.2 Å². The van der Waals surface area contributed by atoms with E-state index in [4.69, 9.17) is 32.7 Å². The molecule has 1 saturated carbocycles. The molecule has 7 nitrogen and oxygen atoms in total. The van der Waals surface area contributed by atoms with Gasteiger partial charge in [-0.3, -0.25) is 4.79 Å². The van der Waals surface area contributed by atoms with E-state index in [0.717, 1.165) is 18.5 Å². The first-order valence-corrected chi connectivity index (χ1v) is 11.1. The molecular weight excluding hydrogens is 453 g/mol. The highest BCUT2D eigenvalue weighted by atomic mass is 35.5. The quantitative estimate of drug-likeness (QED) is 0.439. The molecule has 1 aliphatic rings. The Morgan fingerprint density at radius 1 is 1.25 bits per heavy atom. The molecule has 0 aliphatic heterocycles. The van der Waals surface area contributed by atoms with Crippen molar-refractivity contribution in [2.45, 2.75) is 24.8 Å². The highest BCUT2D eigenvalue weighted by Crippen LogP contribution is 2.35. The monoisotopic (exact) mass is 475 g/mol. The number of aromatic nitrogens is 2. The van der Waals surface area contributed by atoms with Crippen LogP contribution in [0.2, 0.25) is 5.02 Å². The normalized spacial score (nSPS) is 14.1. The van der Waals surface area contributed by atoms with E-state index in [1.807, 2.05) is 0 Å². The summed E-state index contributed by atoms with van der Waals surface area (Å²) in [4.78, 5) is 12.9. The van der Waals surface area contributed by atoms with Gasteiger partial charge in [0.05, 0.1) is 36.0 Å². The van der Waals surface area contributed by atoms with Crippen molar-refractivity contribution in [2.75, 3.05) is 19.0 Å². The number of nitrogens with one attached hydrogen (secondary N) is 1. The van der Waals surface area contributed by atoms with Gasteiger partial charge in [0, 0.05) is 23.0 Å². The molecule has 2 aromatic carbocycles. The maximum absolute atomic E-state index is 12.9. The van der Waals surface area contributed by atoms with E-state index >= 15 is 0 Å². The van der Waals surface area contributed by atoms with Gasteiger partial charge in [0.25, 0.3) is 5.91 Å². The third kappa shape index (κ3) is 5.18. The zero-order chi connectivity index (χ0) is 22.7. The summed E-state index contributed by atoms with van der Waals surface area (Å²) < 4.78 is 12.7. The zero-order valence-corrected chi connectivity index (χ0v) is 18.9. The van der Waals surface area contributed by atoms with Gasteiger partial charge in [0.2, 0.25) is 0 Å². The van der Waals surface area contributed by atoms with Gasteiger partial charge >= 0.3 is 0 Å². The van der Waals surface area contributed by atoms with E-state index < -0.39 is 6.10 Å². The van der Waals surface area contributed by atoms with Crippen molar-refractivity contribution < 1.29 is 19.4 Å². The summed E-state index contributed by atoms with van der Waals surface area (Å²) in [5.41, 5.74) is 2.11. The second-order valence-electron chi connectivity index (χ2n) is 7.58. The Balaban J connectivity index is 1.48. The summed E-state index contributed by atoms with van der Waals surface area (Å²) >= 11 is 12.0. The van der Waals surface area contributed by atoms with E-state index in [1.165, 1.54) is 7.11 Å². The molecule has 3 aromatic rings. The first kappa shape index (κ1) is 22.5. The Hall–Kier alpha value is -2.74. The molecule has 0 radical (unpaired) electrons. The predicted molar refractivity (Wildman–Crippen MR) is 123 cm³/mol. The van der Waals surface area contributed by atoms with Crippen LogP contribution in [0.4, 0.5) is 5.69 Å². The molecule has 1 aliphatic carbocycles. The van der Waals surface area contributed by atoms with Gasteiger partial charge in [0.15, 0.2) is 11.5 Å². The number of ether oxygens (including phenoxy) is 2. The molecule has 4 rings (SSSR count). The highest BCUT2D eigenvalue weighted by Gasteiger charge is 2.30. The SMILES string of the molecule is COc1cc(NC(=O)c2cn(-c3ccc(Cl)cc3)nc2CCl)ccc1OC[C@H](O)C1CC1. The summed E-state index contributed by atoms with van der Waals surface area (Å²) in [6.07, 6.45) is 3.21. The Morgan fingerprint density at radius 2 is 2.00 bits per heavy atom. The van der Waals surface area contributed by atoms with Crippen LogP contribution in [0.25, 0.3) is 5.69 Å². The lowest BCUT2D eigenvalue weighted by Crippen LogP contribution is -2.19. The Kier molecular flexibility index (Phi) is 6.89. The number of alkyl halides is 1. The van der Waals surface area contributed by atoms with Gasteiger partial charge in [-0.25, -0.2) is 4.68 Å². The molecule has 0 saturated heterocycles. The maximum Gasteiger partial charge on any atom is 0.259 e. The van der Waals surface area contributed by atoms with Crippen LogP contribution in [0, 0.1) is 5.92 Å². The van der Waals surface area contributed by atoms with Gasteiger partial charge in [0.1, 0.15) is 6.61 Å².